The lowest BCUT2D eigenvalue weighted by molar-refractivity contribution is 0.357. The van der Waals surface area contributed by atoms with Crippen molar-refractivity contribution in [3.63, 3.8) is 0 Å². The number of rotatable bonds is 2. The zero-order valence-electron chi connectivity index (χ0n) is 10.8. The molecule has 9 heteroatoms. The first kappa shape index (κ1) is 15.2. The van der Waals surface area contributed by atoms with Gasteiger partial charge in [-0.1, -0.05) is 0 Å². The summed E-state index contributed by atoms with van der Waals surface area (Å²) in [7, 11) is -7.25. The summed E-state index contributed by atoms with van der Waals surface area (Å²) >= 11 is 0. The Morgan fingerprint density at radius 3 is 2.65 bits per heavy atom. The summed E-state index contributed by atoms with van der Waals surface area (Å²) in [6.07, 6.45) is 0. The van der Waals surface area contributed by atoms with Crippen LogP contribution in [-0.4, -0.2) is 45.2 Å². The normalized spacial score (nSPS) is 23.6. The Labute approximate surface area is 117 Å². The molecule has 0 aromatic heterocycles. The van der Waals surface area contributed by atoms with Crippen molar-refractivity contribution in [2.75, 3.05) is 23.8 Å². The summed E-state index contributed by atoms with van der Waals surface area (Å²) < 4.78 is 62.2. The number of benzene rings is 1. The first-order valence-corrected chi connectivity index (χ1v) is 9.17. The van der Waals surface area contributed by atoms with Crippen LogP contribution in [-0.2, 0) is 19.9 Å². The Morgan fingerprint density at radius 1 is 1.40 bits per heavy atom. The average Bonchev–Trinajstić information content (AvgIpc) is 2.30. The van der Waals surface area contributed by atoms with E-state index in [1.165, 1.54) is 13.0 Å². The third-order valence-corrected chi connectivity index (χ3v) is 7.04. The van der Waals surface area contributed by atoms with Gasteiger partial charge in [0.2, 0.25) is 10.0 Å². The van der Waals surface area contributed by atoms with Crippen LogP contribution in [0, 0.1) is 5.82 Å². The van der Waals surface area contributed by atoms with Crippen LogP contribution in [0.1, 0.15) is 6.92 Å². The van der Waals surface area contributed by atoms with E-state index in [-0.39, 0.29) is 28.6 Å². The molecule has 2 rings (SSSR count). The van der Waals surface area contributed by atoms with E-state index in [1.54, 1.807) is 0 Å². The molecule has 0 saturated carbocycles. The van der Waals surface area contributed by atoms with Gasteiger partial charge < -0.3 is 5.73 Å². The van der Waals surface area contributed by atoms with E-state index in [0.29, 0.717) is 0 Å². The maximum absolute atomic E-state index is 13.2. The zero-order chi connectivity index (χ0) is 15.1. The van der Waals surface area contributed by atoms with Crippen molar-refractivity contribution in [2.45, 2.75) is 17.9 Å². The monoisotopic (exact) mass is 322 g/mol. The summed E-state index contributed by atoms with van der Waals surface area (Å²) in [5.74, 6) is -1.21. The van der Waals surface area contributed by atoms with Gasteiger partial charge in [0.1, 0.15) is 10.7 Å². The van der Waals surface area contributed by atoms with E-state index in [9.17, 15) is 21.2 Å². The van der Waals surface area contributed by atoms with Crippen molar-refractivity contribution in [3.8, 4) is 0 Å². The van der Waals surface area contributed by atoms with Crippen molar-refractivity contribution < 1.29 is 21.2 Å². The molecule has 6 nitrogen and oxygen atoms in total. The van der Waals surface area contributed by atoms with Gasteiger partial charge in [-0.05, 0) is 25.1 Å². The highest BCUT2D eigenvalue weighted by Crippen LogP contribution is 2.26. The fourth-order valence-electron chi connectivity index (χ4n) is 2.20. The van der Waals surface area contributed by atoms with Crippen molar-refractivity contribution in [3.05, 3.63) is 24.0 Å². The smallest absolute Gasteiger partial charge is 0.245 e. The molecule has 2 N–H and O–H groups in total. The van der Waals surface area contributed by atoms with Gasteiger partial charge in [0, 0.05) is 12.6 Å². The maximum Gasteiger partial charge on any atom is 0.245 e. The second-order valence-electron chi connectivity index (χ2n) is 4.76. The number of nitrogen functional groups attached to an aromatic ring is 1. The number of hydrogen-bond acceptors (Lipinski definition) is 5. The summed E-state index contributed by atoms with van der Waals surface area (Å²) in [6, 6.07) is 2.38. The molecule has 1 saturated heterocycles. The second-order valence-corrected chi connectivity index (χ2v) is 8.85. The molecule has 0 spiro atoms. The molecule has 1 aliphatic rings. The number of nitrogens with two attached hydrogens (primary N) is 1. The molecule has 1 heterocycles. The highest BCUT2D eigenvalue weighted by Gasteiger charge is 2.37. The minimum absolute atomic E-state index is 0.0629. The second kappa shape index (κ2) is 4.97. The average molecular weight is 322 g/mol. The standard InChI is InChI=1S/C11H15FN2O4S2/c1-8-7-19(15,16)5-4-14(8)20(17,18)11-6-9(12)2-3-10(11)13/h2-3,6,8H,4-5,7,13H2,1H3. The van der Waals surface area contributed by atoms with Crippen LogP contribution in [0.3, 0.4) is 0 Å². The molecule has 1 unspecified atom stereocenters. The molecule has 1 fully saturated rings. The first-order chi connectivity index (χ1) is 9.13. The zero-order valence-corrected chi connectivity index (χ0v) is 12.4. The third kappa shape index (κ3) is 2.79. The molecular weight excluding hydrogens is 307 g/mol. The molecular formula is C11H15FN2O4S2. The topological polar surface area (TPSA) is 97.5 Å². The highest BCUT2D eigenvalue weighted by atomic mass is 32.2. The first-order valence-electron chi connectivity index (χ1n) is 5.91. The maximum atomic E-state index is 13.2. The minimum atomic E-state index is -4.01. The van der Waals surface area contributed by atoms with Gasteiger partial charge >= 0.3 is 0 Å². The van der Waals surface area contributed by atoms with E-state index in [4.69, 9.17) is 5.73 Å². The van der Waals surface area contributed by atoms with Crippen molar-refractivity contribution >= 4 is 25.5 Å². The van der Waals surface area contributed by atoms with E-state index in [0.717, 1.165) is 16.4 Å². The Kier molecular flexibility index (Phi) is 3.78. The lowest BCUT2D eigenvalue weighted by Crippen LogP contribution is -2.49. The molecule has 1 aromatic rings. The summed E-state index contributed by atoms with van der Waals surface area (Å²) in [5.41, 5.74) is 5.53. The number of halogens is 1. The Hall–Kier alpha value is -1.19. The van der Waals surface area contributed by atoms with Crippen molar-refractivity contribution in [1.29, 1.82) is 0 Å². The molecule has 20 heavy (non-hydrogen) atoms. The largest absolute Gasteiger partial charge is 0.398 e. The van der Waals surface area contributed by atoms with Gasteiger partial charge in [0.25, 0.3) is 0 Å². The van der Waals surface area contributed by atoms with Crippen molar-refractivity contribution in [1.82, 2.24) is 4.31 Å². The molecule has 0 amide bonds. The quantitative estimate of drug-likeness (QED) is 0.785. The predicted octanol–water partition coefficient (Wildman–Crippen LogP) is 0.216. The SMILES string of the molecule is CC1CS(=O)(=O)CCN1S(=O)(=O)c1cc(F)ccc1N. The van der Waals surface area contributed by atoms with Crippen LogP contribution < -0.4 is 5.73 Å². The molecule has 1 aliphatic heterocycles. The molecule has 0 radical (unpaired) electrons. The third-order valence-electron chi connectivity index (χ3n) is 3.17. The summed E-state index contributed by atoms with van der Waals surface area (Å²) in [5, 5.41) is 0. The fraction of sp³-hybridized carbons (Fsp3) is 0.455. The Bertz CT molecular complexity index is 731. The van der Waals surface area contributed by atoms with Gasteiger partial charge in [0.15, 0.2) is 9.84 Å². The Morgan fingerprint density at radius 2 is 2.05 bits per heavy atom. The fourth-order valence-corrected chi connectivity index (χ4v) is 5.72. The van der Waals surface area contributed by atoms with Crippen LogP contribution in [0.15, 0.2) is 23.1 Å². The number of sulfone groups is 1. The van der Waals surface area contributed by atoms with E-state index in [1.807, 2.05) is 0 Å². The summed E-state index contributed by atoms with van der Waals surface area (Å²) in [4.78, 5) is -0.330. The Balaban J connectivity index is 2.43. The number of hydrogen-bond donors (Lipinski definition) is 1. The van der Waals surface area contributed by atoms with Gasteiger partial charge in [-0.25, -0.2) is 21.2 Å². The molecule has 0 aliphatic carbocycles. The van der Waals surface area contributed by atoms with Gasteiger partial charge in [0.05, 0.1) is 17.2 Å². The summed E-state index contributed by atoms with van der Waals surface area (Å²) in [6.45, 7) is 1.35. The van der Waals surface area contributed by atoms with Gasteiger partial charge in [-0.2, -0.15) is 4.31 Å². The van der Waals surface area contributed by atoms with E-state index < -0.39 is 31.7 Å². The van der Waals surface area contributed by atoms with Gasteiger partial charge in [-0.3, -0.25) is 0 Å². The van der Waals surface area contributed by atoms with Crippen LogP contribution in [0.4, 0.5) is 10.1 Å². The molecule has 112 valence electrons. The van der Waals surface area contributed by atoms with Crippen LogP contribution in [0.25, 0.3) is 0 Å². The molecule has 1 atom stereocenters. The van der Waals surface area contributed by atoms with E-state index in [2.05, 4.69) is 0 Å². The van der Waals surface area contributed by atoms with Crippen LogP contribution >= 0.6 is 0 Å². The lowest BCUT2D eigenvalue weighted by atomic mass is 10.3. The predicted molar refractivity (Wildman–Crippen MR) is 72.8 cm³/mol. The molecule has 0 bridgehead atoms. The number of sulfonamides is 1. The number of nitrogens with zero attached hydrogens (tertiary/aromatic N) is 1. The number of anilines is 1. The highest BCUT2D eigenvalue weighted by molar-refractivity contribution is 7.92. The van der Waals surface area contributed by atoms with E-state index >= 15 is 0 Å². The molecule has 1 aromatic carbocycles. The van der Waals surface area contributed by atoms with Crippen LogP contribution in [0.2, 0.25) is 0 Å². The van der Waals surface area contributed by atoms with Crippen LogP contribution in [0.5, 0.6) is 0 Å². The van der Waals surface area contributed by atoms with Gasteiger partial charge in [-0.15, -0.1) is 0 Å². The lowest BCUT2D eigenvalue weighted by Gasteiger charge is -2.32. The minimum Gasteiger partial charge on any atom is -0.398 e. The van der Waals surface area contributed by atoms with Crippen molar-refractivity contribution in [2.24, 2.45) is 0 Å².